The van der Waals surface area contributed by atoms with E-state index in [2.05, 4.69) is 4.98 Å². The van der Waals surface area contributed by atoms with E-state index in [1.54, 1.807) is 6.07 Å². The number of hydrogen-bond acceptors (Lipinski definition) is 2. The summed E-state index contributed by atoms with van der Waals surface area (Å²) < 4.78 is 0. The van der Waals surface area contributed by atoms with Crippen molar-refractivity contribution in [2.45, 2.75) is 6.92 Å². The highest BCUT2D eigenvalue weighted by Crippen LogP contribution is 2.36. The van der Waals surface area contributed by atoms with Crippen molar-refractivity contribution in [2.24, 2.45) is 0 Å². The molecule has 0 fully saturated rings. The number of aromatic nitrogens is 1. The maximum absolute atomic E-state index is 6.26. The van der Waals surface area contributed by atoms with Gasteiger partial charge in [0.15, 0.2) is 0 Å². The van der Waals surface area contributed by atoms with Crippen molar-refractivity contribution in [1.29, 1.82) is 0 Å². The van der Waals surface area contributed by atoms with Gasteiger partial charge in [0.25, 0.3) is 0 Å². The number of pyridine rings is 1. The van der Waals surface area contributed by atoms with Crippen molar-refractivity contribution in [3.63, 3.8) is 0 Å². The number of halogens is 2. The summed E-state index contributed by atoms with van der Waals surface area (Å²) >= 11 is 12.3. The van der Waals surface area contributed by atoms with E-state index in [9.17, 15) is 0 Å². The van der Waals surface area contributed by atoms with Crippen molar-refractivity contribution >= 4 is 39.8 Å². The van der Waals surface area contributed by atoms with Crippen LogP contribution in [0, 0.1) is 6.92 Å². The molecule has 0 radical (unpaired) electrons. The quantitative estimate of drug-likeness (QED) is 0.679. The molecule has 0 aliphatic carbocycles. The highest BCUT2D eigenvalue weighted by Gasteiger charge is 2.14. The summed E-state index contributed by atoms with van der Waals surface area (Å²) in [6.45, 7) is 1.96. The monoisotopic (exact) mass is 302 g/mol. The third-order valence-corrected chi connectivity index (χ3v) is 4.18. The molecule has 0 amide bonds. The first-order valence-electron chi connectivity index (χ1n) is 6.19. The summed E-state index contributed by atoms with van der Waals surface area (Å²) in [6, 6.07) is 13.5. The molecular formula is C16H12Cl2N2. The molecule has 20 heavy (non-hydrogen) atoms. The lowest BCUT2D eigenvalue weighted by Crippen LogP contribution is -1.98. The van der Waals surface area contributed by atoms with Crippen LogP contribution in [0.3, 0.4) is 0 Å². The van der Waals surface area contributed by atoms with Gasteiger partial charge in [0.1, 0.15) is 0 Å². The highest BCUT2D eigenvalue weighted by molar-refractivity contribution is 6.45. The number of nitrogens with zero attached hydrogens (tertiary/aromatic N) is 1. The summed E-state index contributed by atoms with van der Waals surface area (Å²) in [5, 5.41) is 1.75. The van der Waals surface area contributed by atoms with Gasteiger partial charge < -0.3 is 5.73 Å². The van der Waals surface area contributed by atoms with E-state index in [4.69, 9.17) is 28.9 Å². The predicted molar refractivity (Wildman–Crippen MR) is 86.3 cm³/mol. The van der Waals surface area contributed by atoms with Crippen molar-refractivity contribution in [2.75, 3.05) is 5.73 Å². The molecule has 2 N–H and O–H groups in total. The summed E-state index contributed by atoms with van der Waals surface area (Å²) in [4.78, 5) is 4.67. The third-order valence-electron chi connectivity index (χ3n) is 3.39. The summed E-state index contributed by atoms with van der Waals surface area (Å²) in [5.41, 5.74) is 10.3. The van der Waals surface area contributed by atoms with Crippen LogP contribution in [0.1, 0.15) is 5.56 Å². The van der Waals surface area contributed by atoms with Gasteiger partial charge in [-0.05, 0) is 24.6 Å². The standard InChI is InChI=1S/C16H12Cl2N2/c1-9-14(19)11-7-8-12(17)13(18)16(11)20-15(9)10-5-3-2-4-6-10/h2-8H,1H3,(H2,19,20). The molecule has 0 aliphatic rings. The van der Waals surface area contributed by atoms with Gasteiger partial charge in [0, 0.05) is 16.6 Å². The Bertz CT molecular complexity index is 799. The third kappa shape index (κ3) is 2.01. The van der Waals surface area contributed by atoms with Gasteiger partial charge in [-0.1, -0.05) is 53.5 Å². The Morgan fingerprint density at radius 1 is 1.00 bits per heavy atom. The molecule has 0 saturated heterocycles. The molecule has 3 rings (SSSR count). The molecule has 3 aromatic rings. The minimum absolute atomic E-state index is 0.438. The van der Waals surface area contributed by atoms with Crippen molar-refractivity contribution < 1.29 is 0 Å². The zero-order valence-corrected chi connectivity index (χ0v) is 12.3. The van der Waals surface area contributed by atoms with E-state index in [-0.39, 0.29) is 0 Å². The average molecular weight is 303 g/mol. The first kappa shape index (κ1) is 13.2. The number of rotatable bonds is 1. The van der Waals surface area contributed by atoms with Gasteiger partial charge in [-0.15, -0.1) is 0 Å². The fourth-order valence-corrected chi connectivity index (χ4v) is 2.63. The Morgan fingerprint density at radius 2 is 1.70 bits per heavy atom. The summed E-state index contributed by atoms with van der Waals surface area (Å²) in [7, 11) is 0. The van der Waals surface area contributed by atoms with Gasteiger partial charge in [-0.3, -0.25) is 0 Å². The lowest BCUT2D eigenvalue weighted by molar-refractivity contribution is 1.33. The topological polar surface area (TPSA) is 38.9 Å². The molecule has 0 spiro atoms. The highest BCUT2D eigenvalue weighted by atomic mass is 35.5. The predicted octanol–water partition coefficient (Wildman–Crippen LogP) is 5.10. The van der Waals surface area contributed by atoms with Crippen LogP contribution in [0.2, 0.25) is 10.0 Å². The lowest BCUT2D eigenvalue weighted by Gasteiger charge is -2.12. The second-order valence-corrected chi connectivity index (χ2v) is 5.41. The average Bonchev–Trinajstić information content (AvgIpc) is 2.47. The first-order chi connectivity index (χ1) is 9.59. The first-order valence-corrected chi connectivity index (χ1v) is 6.94. The smallest absolute Gasteiger partial charge is 0.0931 e. The molecule has 1 aromatic heterocycles. The van der Waals surface area contributed by atoms with E-state index in [0.717, 1.165) is 22.2 Å². The van der Waals surface area contributed by atoms with Crippen LogP contribution >= 0.6 is 23.2 Å². The zero-order valence-electron chi connectivity index (χ0n) is 10.8. The molecule has 0 aliphatic heterocycles. The van der Waals surface area contributed by atoms with Crippen LogP contribution in [-0.4, -0.2) is 4.98 Å². The molecule has 1 heterocycles. The summed E-state index contributed by atoms with van der Waals surface area (Å²) in [6.07, 6.45) is 0. The molecule has 100 valence electrons. The van der Waals surface area contributed by atoms with Gasteiger partial charge >= 0.3 is 0 Å². The van der Waals surface area contributed by atoms with E-state index in [1.165, 1.54) is 0 Å². The molecule has 0 bridgehead atoms. The molecule has 0 atom stereocenters. The minimum atomic E-state index is 0.438. The van der Waals surface area contributed by atoms with Crippen LogP contribution in [0.4, 0.5) is 5.69 Å². The Labute approximate surface area is 127 Å². The molecule has 4 heteroatoms. The van der Waals surface area contributed by atoms with Crippen molar-refractivity contribution in [3.05, 3.63) is 58.1 Å². The number of hydrogen-bond donors (Lipinski definition) is 1. The molecule has 0 saturated carbocycles. The minimum Gasteiger partial charge on any atom is -0.398 e. The van der Waals surface area contributed by atoms with Crippen LogP contribution in [0.5, 0.6) is 0 Å². The van der Waals surface area contributed by atoms with Gasteiger partial charge in [-0.2, -0.15) is 0 Å². The Morgan fingerprint density at radius 3 is 2.40 bits per heavy atom. The van der Waals surface area contributed by atoms with Crippen molar-refractivity contribution in [1.82, 2.24) is 4.98 Å². The second-order valence-electron chi connectivity index (χ2n) is 4.62. The SMILES string of the molecule is Cc1c(-c2ccccc2)nc2c(Cl)c(Cl)ccc2c1N. The maximum atomic E-state index is 6.26. The Balaban J connectivity index is 2.40. The number of benzene rings is 2. The van der Waals surface area contributed by atoms with E-state index in [0.29, 0.717) is 21.2 Å². The van der Waals surface area contributed by atoms with E-state index >= 15 is 0 Å². The number of anilines is 1. The van der Waals surface area contributed by atoms with Crippen molar-refractivity contribution in [3.8, 4) is 11.3 Å². The largest absolute Gasteiger partial charge is 0.398 e. The molecule has 2 aromatic carbocycles. The van der Waals surface area contributed by atoms with E-state index < -0.39 is 0 Å². The van der Waals surface area contributed by atoms with Crippen LogP contribution < -0.4 is 5.73 Å². The number of nitrogen functional groups attached to an aromatic ring is 1. The van der Waals surface area contributed by atoms with Crippen LogP contribution in [0.25, 0.3) is 22.2 Å². The lowest BCUT2D eigenvalue weighted by atomic mass is 10.0. The van der Waals surface area contributed by atoms with Gasteiger partial charge in [0.2, 0.25) is 0 Å². The second kappa shape index (κ2) is 4.97. The number of nitrogens with two attached hydrogens (primary N) is 1. The Kier molecular flexibility index (Phi) is 3.28. The van der Waals surface area contributed by atoms with Crippen LogP contribution in [-0.2, 0) is 0 Å². The van der Waals surface area contributed by atoms with Crippen LogP contribution in [0.15, 0.2) is 42.5 Å². The fourth-order valence-electron chi connectivity index (χ4n) is 2.27. The maximum Gasteiger partial charge on any atom is 0.0931 e. The normalized spacial score (nSPS) is 10.9. The summed E-state index contributed by atoms with van der Waals surface area (Å²) in [5.74, 6) is 0. The van der Waals surface area contributed by atoms with Gasteiger partial charge in [-0.25, -0.2) is 4.98 Å². The molecule has 0 unspecified atom stereocenters. The molecule has 2 nitrogen and oxygen atoms in total. The van der Waals surface area contributed by atoms with Gasteiger partial charge in [0.05, 0.1) is 21.3 Å². The Hall–Kier alpha value is -1.77. The number of fused-ring (bicyclic) bond motifs is 1. The zero-order chi connectivity index (χ0) is 14.3. The molecular weight excluding hydrogens is 291 g/mol. The fraction of sp³-hybridized carbons (Fsp3) is 0.0625. The van der Waals surface area contributed by atoms with E-state index in [1.807, 2.05) is 43.3 Å².